The number of rotatable bonds is 13. The van der Waals surface area contributed by atoms with Gasteiger partial charge >= 0.3 is 11.9 Å². The van der Waals surface area contributed by atoms with Crippen molar-refractivity contribution < 1.29 is 38.1 Å². The van der Waals surface area contributed by atoms with E-state index in [9.17, 15) is 19.2 Å². The van der Waals surface area contributed by atoms with Crippen molar-refractivity contribution in [3.05, 3.63) is 71.8 Å². The standard InChI is InChI=1S/C22H22O8/c23-19(17-7-3-1-4-8-17)21(25)29-15-13-27-11-12-28-14-16-30-22(26)20(24)18-9-5-2-6-10-18/h1-10H,11-16H2. The van der Waals surface area contributed by atoms with Crippen LogP contribution >= 0.6 is 0 Å². The molecule has 2 aromatic carbocycles. The summed E-state index contributed by atoms with van der Waals surface area (Å²) in [5.74, 6) is -3.29. The van der Waals surface area contributed by atoms with Gasteiger partial charge in [0.15, 0.2) is 0 Å². The molecule has 0 atom stereocenters. The number of carbonyl (C=O) groups is 4. The van der Waals surface area contributed by atoms with E-state index < -0.39 is 23.5 Å². The summed E-state index contributed by atoms with van der Waals surface area (Å²) in [5, 5.41) is 0. The normalized spacial score (nSPS) is 10.3. The van der Waals surface area contributed by atoms with Gasteiger partial charge in [-0.2, -0.15) is 0 Å². The Morgan fingerprint density at radius 3 is 1.20 bits per heavy atom. The SMILES string of the molecule is O=C(OCCOCCOCCOC(=O)C(=O)c1ccccc1)C(=O)c1ccccc1. The second-order valence-electron chi connectivity index (χ2n) is 5.89. The van der Waals surface area contributed by atoms with Crippen LogP contribution in [-0.2, 0) is 28.5 Å². The molecule has 0 N–H and O–H groups in total. The van der Waals surface area contributed by atoms with Crippen molar-refractivity contribution >= 4 is 23.5 Å². The topological polar surface area (TPSA) is 105 Å². The molecule has 0 aliphatic carbocycles. The predicted molar refractivity (Wildman–Crippen MR) is 105 cm³/mol. The Morgan fingerprint density at radius 1 is 0.500 bits per heavy atom. The van der Waals surface area contributed by atoms with Crippen molar-refractivity contribution in [3.8, 4) is 0 Å². The summed E-state index contributed by atoms with van der Waals surface area (Å²) in [5.41, 5.74) is 0.533. The molecule has 0 aliphatic rings. The molecule has 8 heteroatoms. The molecule has 0 fully saturated rings. The van der Waals surface area contributed by atoms with E-state index in [4.69, 9.17) is 18.9 Å². The summed E-state index contributed by atoms with van der Waals surface area (Å²) in [4.78, 5) is 46.8. The maximum atomic E-state index is 11.8. The van der Waals surface area contributed by atoms with Gasteiger partial charge in [0.1, 0.15) is 13.2 Å². The Morgan fingerprint density at radius 2 is 0.833 bits per heavy atom. The fourth-order valence-corrected chi connectivity index (χ4v) is 2.25. The molecule has 2 rings (SSSR count). The smallest absolute Gasteiger partial charge is 0.379 e. The third-order valence-electron chi connectivity index (χ3n) is 3.74. The lowest BCUT2D eigenvalue weighted by atomic mass is 10.1. The molecule has 0 amide bonds. The summed E-state index contributed by atoms with van der Waals surface area (Å²) in [7, 11) is 0. The molecule has 0 spiro atoms. The summed E-state index contributed by atoms with van der Waals surface area (Å²) in [6.07, 6.45) is 0. The van der Waals surface area contributed by atoms with Gasteiger partial charge in [-0.1, -0.05) is 60.7 Å². The van der Waals surface area contributed by atoms with E-state index in [0.717, 1.165) is 0 Å². The summed E-state index contributed by atoms with van der Waals surface area (Å²) in [6.45, 7) is 0.546. The van der Waals surface area contributed by atoms with Crippen LogP contribution in [0.4, 0.5) is 0 Å². The minimum atomic E-state index is -0.937. The molecule has 0 aromatic heterocycles. The van der Waals surface area contributed by atoms with E-state index in [-0.39, 0.29) is 50.8 Å². The van der Waals surface area contributed by atoms with Gasteiger partial charge in [0.2, 0.25) is 0 Å². The van der Waals surface area contributed by atoms with Crippen LogP contribution in [0.25, 0.3) is 0 Å². The number of ketones is 2. The number of hydrogen-bond acceptors (Lipinski definition) is 8. The molecule has 8 nitrogen and oxygen atoms in total. The average Bonchev–Trinajstić information content (AvgIpc) is 2.80. The van der Waals surface area contributed by atoms with Crippen LogP contribution in [0.15, 0.2) is 60.7 Å². The van der Waals surface area contributed by atoms with Gasteiger partial charge in [-0.15, -0.1) is 0 Å². The van der Waals surface area contributed by atoms with E-state index >= 15 is 0 Å². The van der Waals surface area contributed by atoms with E-state index in [1.165, 1.54) is 24.3 Å². The van der Waals surface area contributed by atoms with Crippen molar-refractivity contribution in [1.82, 2.24) is 0 Å². The molecule has 0 bridgehead atoms. The quantitative estimate of drug-likeness (QED) is 0.212. The van der Waals surface area contributed by atoms with Crippen molar-refractivity contribution in [2.24, 2.45) is 0 Å². The number of benzene rings is 2. The lowest BCUT2D eigenvalue weighted by molar-refractivity contribution is -0.141. The first-order valence-corrected chi connectivity index (χ1v) is 9.28. The summed E-state index contributed by atoms with van der Waals surface area (Å²) in [6, 6.07) is 16.3. The zero-order valence-corrected chi connectivity index (χ0v) is 16.3. The third-order valence-corrected chi connectivity index (χ3v) is 3.74. The molecular formula is C22H22O8. The molecule has 0 aliphatic heterocycles. The first kappa shape index (κ1) is 22.9. The van der Waals surface area contributed by atoms with Gasteiger partial charge < -0.3 is 18.9 Å². The zero-order chi connectivity index (χ0) is 21.6. The monoisotopic (exact) mass is 414 g/mol. The number of carbonyl (C=O) groups excluding carboxylic acids is 4. The Hall–Kier alpha value is -3.36. The van der Waals surface area contributed by atoms with Gasteiger partial charge in [0.05, 0.1) is 26.4 Å². The highest BCUT2D eigenvalue weighted by Gasteiger charge is 2.18. The maximum Gasteiger partial charge on any atom is 0.379 e. The van der Waals surface area contributed by atoms with Gasteiger partial charge in [-0.25, -0.2) is 9.59 Å². The highest BCUT2D eigenvalue weighted by Crippen LogP contribution is 2.02. The first-order valence-electron chi connectivity index (χ1n) is 9.28. The summed E-state index contributed by atoms with van der Waals surface area (Å²) >= 11 is 0. The van der Waals surface area contributed by atoms with Gasteiger partial charge in [-0.3, -0.25) is 9.59 Å². The molecule has 158 valence electrons. The maximum absolute atomic E-state index is 11.8. The van der Waals surface area contributed by atoms with Crippen LogP contribution in [0.3, 0.4) is 0 Å². The van der Waals surface area contributed by atoms with Crippen molar-refractivity contribution in [2.45, 2.75) is 0 Å². The number of ether oxygens (including phenoxy) is 4. The zero-order valence-electron chi connectivity index (χ0n) is 16.3. The molecule has 0 heterocycles. The Labute approximate surface area is 173 Å². The molecule has 0 saturated carbocycles. The van der Waals surface area contributed by atoms with Gasteiger partial charge in [0.25, 0.3) is 11.6 Å². The van der Waals surface area contributed by atoms with Crippen LogP contribution in [0, 0.1) is 0 Å². The molecule has 2 aromatic rings. The molecular weight excluding hydrogens is 392 g/mol. The highest BCUT2D eigenvalue weighted by molar-refractivity contribution is 6.41. The van der Waals surface area contributed by atoms with Crippen LogP contribution < -0.4 is 0 Å². The van der Waals surface area contributed by atoms with Crippen LogP contribution in [-0.4, -0.2) is 63.1 Å². The molecule has 30 heavy (non-hydrogen) atoms. The minimum Gasteiger partial charge on any atom is -0.457 e. The third kappa shape index (κ3) is 7.94. The fraction of sp³-hybridized carbons (Fsp3) is 0.273. The lowest BCUT2D eigenvalue weighted by Crippen LogP contribution is -2.21. The van der Waals surface area contributed by atoms with E-state index in [0.29, 0.717) is 0 Å². The largest absolute Gasteiger partial charge is 0.457 e. The minimum absolute atomic E-state index is 0.0589. The average molecular weight is 414 g/mol. The van der Waals surface area contributed by atoms with Crippen LogP contribution in [0.5, 0.6) is 0 Å². The van der Waals surface area contributed by atoms with E-state index in [1.54, 1.807) is 36.4 Å². The van der Waals surface area contributed by atoms with Gasteiger partial charge in [0, 0.05) is 11.1 Å². The highest BCUT2D eigenvalue weighted by atomic mass is 16.6. The van der Waals surface area contributed by atoms with Gasteiger partial charge in [-0.05, 0) is 0 Å². The number of Topliss-reactive ketones (excluding diaryl/α,β-unsaturated/α-hetero) is 2. The second kappa shape index (κ2) is 13.0. The van der Waals surface area contributed by atoms with Crippen LogP contribution in [0.1, 0.15) is 20.7 Å². The Bertz CT molecular complexity index is 761. The van der Waals surface area contributed by atoms with E-state index in [1.807, 2.05) is 0 Å². The Balaban J connectivity index is 1.46. The lowest BCUT2D eigenvalue weighted by Gasteiger charge is -2.07. The van der Waals surface area contributed by atoms with Crippen molar-refractivity contribution in [2.75, 3.05) is 39.6 Å². The Kier molecular flexibility index (Phi) is 9.91. The first-order chi connectivity index (χ1) is 14.6. The molecule has 0 radical (unpaired) electrons. The predicted octanol–water partition coefficient (Wildman–Crippen LogP) is 1.87. The van der Waals surface area contributed by atoms with Crippen molar-refractivity contribution in [3.63, 3.8) is 0 Å². The van der Waals surface area contributed by atoms with E-state index in [2.05, 4.69) is 0 Å². The molecule has 0 saturated heterocycles. The molecule has 0 unspecified atom stereocenters. The second-order valence-corrected chi connectivity index (χ2v) is 5.89. The number of hydrogen-bond donors (Lipinski definition) is 0. The van der Waals surface area contributed by atoms with Crippen LogP contribution in [0.2, 0.25) is 0 Å². The fourth-order valence-electron chi connectivity index (χ4n) is 2.25. The van der Waals surface area contributed by atoms with Crippen molar-refractivity contribution in [1.29, 1.82) is 0 Å². The number of esters is 2. The summed E-state index contributed by atoms with van der Waals surface area (Å²) < 4.78 is 20.1.